The van der Waals surface area contributed by atoms with Crippen molar-refractivity contribution in [1.82, 2.24) is 15.3 Å². The van der Waals surface area contributed by atoms with Crippen LogP contribution in [0.2, 0.25) is 0 Å². The molecule has 96 valence electrons. The fourth-order valence-electron chi connectivity index (χ4n) is 2.80. The van der Waals surface area contributed by atoms with Gasteiger partial charge in [0.2, 0.25) is 0 Å². The molecule has 1 saturated heterocycles. The van der Waals surface area contributed by atoms with Crippen LogP contribution in [0.3, 0.4) is 0 Å². The quantitative estimate of drug-likeness (QED) is 0.772. The van der Waals surface area contributed by atoms with Gasteiger partial charge in [-0.25, -0.2) is 4.98 Å². The SMILES string of the molecule is Cc1nc2ccc(C(N)CC3CCNC3)cc2[nH]1. The molecule has 0 saturated carbocycles. The Morgan fingerprint density at radius 2 is 2.39 bits per heavy atom. The summed E-state index contributed by atoms with van der Waals surface area (Å²) in [7, 11) is 0. The van der Waals surface area contributed by atoms with E-state index in [0.29, 0.717) is 0 Å². The zero-order chi connectivity index (χ0) is 12.5. The minimum Gasteiger partial charge on any atom is -0.342 e. The lowest BCUT2D eigenvalue weighted by Crippen LogP contribution is -2.17. The molecule has 0 amide bonds. The standard InChI is InChI=1S/C14H20N4/c1-9-17-13-3-2-11(7-14(13)18-9)12(15)6-10-4-5-16-8-10/h2-3,7,10,12,16H,4-6,8,15H2,1H3,(H,17,18). The molecule has 4 N–H and O–H groups in total. The number of nitrogens with two attached hydrogens (primary N) is 1. The van der Waals surface area contributed by atoms with Crippen molar-refractivity contribution >= 4 is 11.0 Å². The fourth-order valence-corrected chi connectivity index (χ4v) is 2.80. The first kappa shape index (κ1) is 11.7. The van der Waals surface area contributed by atoms with Gasteiger partial charge in [0.1, 0.15) is 5.82 Å². The second-order valence-corrected chi connectivity index (χ2v) is 5.30. The summed E-state index contributed by atoms with van der Waals surface area (Å²) < 4.78 is 0. The Morgan fingerprint density at radius 3 is 3.17 bits per heavy atom. The molecule has 1 aromatic carbocycles. The molecule has 4 heteroatoms. The molecule has 2 unspecified atom stereocenters. The van der Waals surface area contributed by atoms with E-state index < -0.39 is 0 Å². The normalized spacial score (nSPS) is 21.6. The zero-order valence-corrected chi connectivity index (χ0v) is 10.7. The molecule has 0 spiro atoms. The Kier molecular flexibility index (Phi) is 3.06. The van der Waals surface area contributed by atoms with Gasteiger partial charge in [-0.1, -0.05) is 6.07 Å². The van der Waals surface area contributed by atoms with Crippen LogP contribution in [0.5, 0.6) is 0 Å². The summed E-state index contributed by atoms with van der Waals surface area (Å²) in [6.07, 6.45) is 2.31. The summed E-state index contributed by atoms with van der Waals surface area (Å²) >= 11 is 0. The molecular weight excluding hydrogens is 224 g/mol. The second kappa shape index (κ2) is 4.71. The number of nitrogens with zero attached hydrogens (tertiary/aromatic N) is 1. The van der Waals surface area contributed by atoms with Gasteiger partial charge >= 0.3 is 0 Å². The third-order valence-corrected chi connectivity index (χ3v) is 3.80. The van der Waals surface area contributed by atoms with Crippen LogP contribution in [-0.2, 0) is 0 Å². The zero-order valence-electron chi connectivity index (χ0n) is 10.7. The molecule has 1 fully saturated rings. The number of hydrogen-bond donors (Lipinski definition) is 3. The summed E-state index contributed by atoms with van der Waals surface area (Å²) in [6.45, 7) is 4.22. The summed E-state index contributed by atoms with van der Waals surface area (Å²) in [4.78, 5) is 7.68. The maximum Gasteiger partial charge on any atom is 0.104 e. The van der Waals surface area contributed by atoms with E-state index in [1.807, 2.05) is 6.92 Å². The van der Waals surface area contributed by atoms with Crippen LogP contribution in [0, 0.1) is 12.8 Å². The van der Waals surface area contributed by atoms with Gasteiger partial charge in [-0.15, -0.1) is 0 Å². The number of imidazole rings is 1. The number of rotatable bonds is 3. The van der Waals surface area contributed by atoms with Gasteiger partial charge < -0.3 is 16.0 Å². The molecule has 2 atom stereocenters. The summed E-state index contributed by atoms with van der Waals surface area (Å²) in [5.41, 5.74) is 9.62. The monoisotopic (exact) mass is 244 g/mol. The van der Waals surface area contributed by atoms with E-state index in [0.717, 1.165) is 42.3 Å². The minimum absolute atomic E-state index is 0.128. The number of hydrogen-bond acceptors (Lipinski definition) is 3. The van der Waals surface area contributed by atoms with Gasteiger partial charge in [-0.3, -0.25) is 0 Å². The van der Waals surface area contributed by atoms with Crippen LogP contribution in [0.15, 0.2) is 18.2 Å². The van der Waals surface area contributed by atoms with Crippen LogP contribution >= 0.6 is 0 Å². The number of aromatic amines is 1. The summed E-state index contributed by atoms with van der Waals surface area (Å²) in [6, 6.07) is 6.43. The molecule has 1 aliphatic rings. The van der Waals surface area contributed by atoms with Crippen LogP contribution < -0.4 is 11.1 Å². The van der Waals surface area contributed by atoms with E-state index in [4.69, 9.17) is 5.73 Å². The van der Waals surface area contributed by atoms with E-state index in [-0.39, 0.29) is 6.04 Å². The Bertz CT molecular complexity index is 540. The highest BCUT2D eigenvalue weighted by Gasteiger charge is 2.18. The number of H-pyrrole nitrogens is 1. The molecule has 0 aliphatic carbocycles. The third-order valence-electron chi connectivity index (χ3n) is 3.80. The number of fused-ring (bicyclic) bond motifs is 1. The summed E-state index contributed by atoms with van der Waals surface area (Å²) in [5, 5.41) is 3.39. The van der Waals surface area contributed by atoms with Crippen molar-refractivity contribution in [2.24, 2.45) is 11.7 Å². The average molecular weight is 244 g/mol. The molecule has 2 heterocycles. The predicted octanol–water partition coefficient (Wildman–Crippen LogP) is 1.87. The van der Waals surface area contributed by atoms with Crippen molar-refractivity contribution in [3.8, 4) is 0 Å². The number of aromatic nitrogens is 2. The van der Waals surface area contributed by atoms with E-state index in [2.05, 4.69) is 33.5 Å². The number of benzene rings is 1. The van der Waals surface area contributed by atoms with Gasteiger partial charge in [0.05, 0.1) is 11.0 Å². The summed E-state index contributed by atoms with van der Waals surface area (Å²) in [5.74, 6) is 1.68. The van der Waals surface area contributed by atoms with Gasteiger partial charge in [-0.05, 0) is 56.5 Å². The van der Waals surface area contributed by atoms with E-state index in [9.17, 15) is 0 Å². The molecule has 0 bridgehead atoms. The second-order valence-electron chi connectivity index (χ2n) is 5.30. The lowest BCUT2D eigenvalue weighted by atomic mass is 9.94. The van der Waals surface area contributed by atoms with Crippen LogP contribution in [0.1, 0.15) is 30.3 Å². The lowest BCUT2D eigenvalue weighted by Gasteiger charge is -2.16. The van der Waals surface area contributed by atoms with Crippen LogP contribution in [0.4, 0.5) is 0 Å². The Labute approximate surface area is 107 Å². The van der Waals surface area contributed by atoms with Crippen molar-refractivity contribution in [2.45, 2.75) is 25.8 Å². The minimum atomic E-state index is 0.128. The molecule has 1 aromatic heterocycles. The average Bonchev–Trinajstić information content (AvgIpc) is 2.95. The number of nitrogens with one attached hydrogen (secondary N) is 2. The van der Waals surface area contributed by atoms with Gasteiger partial charge in [0.25, 0.3) is 0 Å². The Balaban J connectivity index is 1.79. The molecule has 4 nitrogen and oxygen atoms in total. The van der Waals surface area contributed by atoms with Crippen molar-refractivity contribution < 1.29 is 0 Å². The van der Waals surface area contributed by atoms with Crippen molar-refractivity contribution in [3.05, 3.63) is 29.6 Å². The first-order chi connectivity index (χ1) is 8.72. The highest BCUT2D eigenvalue weighted by molar-refractivity contribution is 5.75. The maximum absolute atomic E-state index is 6.31. The highest BCUT2D eigenvalue weighted by Crippen LogP contribution is 2.25. The van der Waals surface area contributed by atoms with Crippen molar-refractivity contribution in [3.63, 3.8) is 0 Å². The molecule has 2 aromatic rings. The first-order valence-corrected chi connectivity index (χ1v) is 6.65. The number of aryl methyl sites for hydroxylation is 1. The maximum atomic E-state index is 6.31. The topological polar surface area (TPSA) is 66.7 Å². The van der Waals surface area contributed by atoms with Crippen LogP contribution in [-0.4, -0.2) is 23.1 Å². The van der Waals surface area contributed by atoms with E-state index in [1.165, 1.54) is 12.0 Å². The predicted molar refractivity (Wildman–Crippen MR) is 73.4 cm³/mol. The molecule has 0 radical (unpaired) electrons. The molecule has 3 rings (SSSR count). The molecule has 18 heavy (non-hydrogen) atoms. The smallest absolute Gasteiger partial charge is 0.104 e. The van der Waals surface area contributed by atoms with Crippen molar-refractivity contribution in [2.75, 3.05) is 13.1 Å². The lowest BCUT2D eigenvalue weighted by molar-refractivity contribution is 0.473. The molecular formula is C14H20N4. The van der Waals surface area contributed by atoms with Gasteiger partial charge in [-0.2, -0.15) is 0 Å². The largest absolute Gasteiger partial charge is 0.342 e. The van der Waals surface area contributed by atoms with Gasteiger partial charge in [0, 0.05) is 6.04 Å². The Morgan fingerprint density at radius 1 is 1.50 bits per heavy atom. The third kappa shape index (κ3) is 2.26. The van der Waals surface area contributed by atoms with Gasteiger partial charge in [0.15, 0.2) is 0 Å². The van der Waals surface area contributed by atoms with Crippen molar-refractivity contribution in [1.29, 1.82) is 0 Å². The highest BCUT2D eigenvalue weighted by atomic mass is 14.9. The van der Waals surface area contributed by atoms with Crippen LogP contribution in [0.25, 0.3) is 11.0 Å². The first-order valence-electron chi connectivity index (χ1n) is 6.65. The Hall–Kier alpha value is -1.39. The van der Waals surface area contributed by atoms with E-state index >= 15 is 0 Å². The fraction of sp³-hybridized carbons (Fsp3) is 0.500. The van der Waals surface area contributed by atoms with E-state index in [1.54, 1.807) is 0 Å². The molecule has 1 aliphatic heterocycles.